The number of hydrogen-bond acceptors (Lipinski definition) is 3. The molecule has 3 aromatic heterocycles. The number of aromatic nitrogens is 2. The van der Waals surface area contributed by atoms with Gasteiger partial charge in [0, 0.05) is 48.6 Å². The van der Waals surface area contributed by atoms with Crippen molar-refractivity contribution < 1.29 is 25.6 Å². The maximum atomic E-state index is 9.17. The van der Waals surface area contributed by atoms with E-state index in [9.17, 15) is 1.37 Å². The summed E-state index contributed by atoms with van der Waals surface area (Å²) in [7, 11) is -1.64. The fourth-order valence-corrected chi connectivity index (χ4v) is 10.1. The van der Waals surface area contributed by atoms with Crippen LogP contribution in [0.1, 0.15) is 92.4 Å². The van der Waals surface area contributed by atoms with Gasteiger partial charge in [0.25, 0.3) is 0 Å². The Morgan fingerprint density at radius 1 is 0.796 bits per heavy atom. The molecule has 1 aliphatic carbocycles. The quantitative estimate of drug-likeness (QED) is 0.112. The van der Waals surface area contributed by atoms with Crippen molar-refractivity contribution in [2.45, 2.75) is 90.7 Å². The zero-order valence-electron chi connectivity index (χ0n) is 36.2. The Morgan fingerprint density at radius 3 is 2.30 bits per heavy atom. The Balaban J connectivity index is 0.000000198. The molecule has 1 atom stereocenters. The first kappa shape index (κ1) is 34.7. The van der Waals surface area contributed by atoms with Crippen molar-refractivity contribution >= 4 is 44.8 Å². The molecule has 0 aliphatic heterocycles. The number of benzene rings is 4. The molecule has 4 aromatic carbocycles. The standard InChI is InChI=1S/C27H28NS.C22H24NSi.Ir/c1-18(2)21-11-12-22-23-9-6-10-24(27(23)29-26(22)17-21)25-16-20(13-14-28-25)15-19-7-4-3-5-8-19;1-17(18-11-7-5-8-12-18)20-15-21(19-13-9-6-10-14-19)23-16-22(20)24(2,3)4;/h6,9,11-14,16-19H,3-5,7-8,15H2,1-2H3;5-13,15-17H,1-4H3;/q2*-1;/i15D2,18D;17D;. The topological polar surface area (TPSA) is 25.8 Å². The Morgan fingerprint density at radius 2 is 1.57 bits per heavy atom. The average molecular weight is 925 g/mol. The number of pyridine rings is 2. The van der Waals surface area contributed by atoms with Crippen LogP contribution in [0.5, 0.6) is 0 Å². The fraction of sp³-hybridized carbons (Fsp3) is 0.306. The second-order valence-electron chi connectivity index (χ2n) is 15.4. The molecule has 1 saturated carbocycles. The van der Waals surface area contributed by atoms with Crippen LogP contribution in [-0.4, -0.2) is 18.0 Å². The van der Waals surface area contributed by atoms with Crippen molar-refractivity contribution in [3.63, 3.8) is 0 Å². The average Bonchev–Trinajstić information content (AvgIpc) is 3.60. The third kappa shape index (κ3) is 9.20. The van der Waals surface area contributed by atoms with Crippen LogP contribution in [0.3, 0.4) is 0 Å². The molecule has 5 heteroatoms. The van der Waals surface area contributed by atoms with E-state index < -0.39 is 26.2 Å². The van der Waals surface area contributed by atoms with Gasteiger partial charge in [-0.25, -0.2) is 0 Å². The van der Waals surface area contributed by atoms with Crippen LogP contribution in [0.2, 0.25) is 19.6 Å². The molecule has 1 radical (unpaired) electrons. The SMILES string of the molecule is [2H]C(C)(C)c1ccc2c(c1)sc1c(-c3cc(C([2H])([2H])C4CCCCC4)ccn3)[c-]ccc12.[2H]C(C)(c1ccccc1)c1cc(-c2[c-]cccc2)ncc1[Si](C)(C)C.[Ir]. The number of nitrogens with zero attached hydrogens (tertiary/aromatic N) is 2. The summed E-state index contributed by atoms with van der Waals surface area (Å²) in [5.74, 6) is -1.38. The number of fused-ring (bicyclic) bond motifs is 3. The smallest absolute Gasteiger partial charge is 0.0799 e. The summed E-state index contributed by atoms with van der Waals surface area (Å²) in [4.78, 5) is 9.33. The van der Waals surface area contributed by atoms with Crippen molar-refractivity contribution in [1.29, 1.82) is 0 Å². The van der Waals surface area contributed by atoms with Crippen molar-refractivity contribution in [2.75, 3.05) is 0 Å². The van der Waals surface area contributed by atoms with Crippen LogP contribution in [0.4, 0.5) is 0 Å². The monoisotopic (exact) mass is 925 g/mol. The van der Waals surface area contributed by atoms with Crippen molar-refractivity contribution in [1.82, 2.24) is 9.97 Å². The van der Waals surface area contributed by atoms with Crippen molar-refractivity contribution in [3.05, 3.63) is 150 Å². The molecule has 1 fully saturated rings. The molecule has 279 valence electrons. The van der Waals surface area contributed by atoms with E-state index in [1.165, 1.54) is 17.0 Å². The van der Waals surface area contributed by atoms with Gasteiger partial charge in [-0.3, -0.25) is 0 Å². The molecule has 0 N–H and O–H groups in total. The Labute approximate surface area is 347 Å². The van der Waals surface area contributed by atoms with Gasteiger partial charge in [0.2, 0.25) is 0 Å². The molecule has 2 nitrogen and oxygen atoms in total. The molecule has 8 rings (SSSR count). The van der Waals surface area contributed by atoms with Crippen molar-refractivity contribution in [2.24, 2.45) is 5.92 Å². The van der Waals surface area contributed by atoms with Crippen LogP contribution < -0.4 is 5.19 Å². The zero-order chi connectivity index (χ0) is 40.6. The first-order valence-electron chi connectivity index (χ1n) is 20.9. The second-order valence-corrected chi connectivity index (χ2v) is 21.5. The van der Waals surface area contributed by atoms with Crippen LogP contribution >= 0.6 is 11.3 Å². The van der Waals surface area contributed by atoms with Crippen LogP contribution in [0, 0.1) is 18.1 Å². The van der Waals surface area contributed by atoms with E-state index in [-0.39, 0.29) is 26.0 Å². The summed E-state index contributed by atoms with van der Waals surface area (Å²) in [6, 6.07) is 40.8. The Bertz CT molecular complexity index is 2490. The van der Waals surface area contributed by atoms with E-state index in [1.54, 1.807) is 17.5 Å². The fourth-order valence-electron chi connectivity index (χ4n) is 7.29. The summed E-state index contributed by atoms with van der Waals surface area (Å²) in [6.07, 6.45) is 7.76. The molecule has 3 heterocycles. The molecule has 54 heavy (non-hydrogen) atoms. The molecule has 0 bridgehead atoms. The van der Waals surface area contributed by atoms with Gasteiger partial charge >= 0.3 is 0 Å². The number of hydrogen-bond donors (Lipinski definition) is 0. The summed E-state index contributed by atoms with van der Waals surface area (Å²) < 4.78 is 37.6. The van der Waals surface area contributed by atoms with Gasteiger partial charge in [-0.05, 0) is 73.7 Å². The van der Waals surface area contributed by atoms with Gasteiger partial charge in [0.15, 0.2) is 0 Å². The molecule has 0 amide bonds. The van der Waals surface area contributed by atoms with E-state index in [4.69, 9.17) is 9.10 Å². The first-order valence-corrected chi connectivity index (χ1v) is 23.2. The van der Waals surface area contributed by atoms with Crippen molar-refractivity contribution in [3.8, 4) is 22.5 Å². The molecule has 1 unspecified atom stereocenters. The molecular weight excluding hydrogens is 869 g/mol. The summed E-state index contributed by atoms with van der Waals surface area (Å²) in [5.41, 5.74) is 7.34. The minimum atomic E-state index is -1.64. The van der Waals surface area contributed by atoms with Crippen LogP contribution in [-0.2, 0) is 26.5 Å². The van der Waals surface area contributed by atoms with E-state index >= 15 is 0 Å². The Kier molecular flexibility index (Phi) is 11.5. The molecule has 0 spiro atoms. The van der Waals surface area contributed by atoms with Gasteiger partial charge in [-0.15, -0.1) is 59.7 Å². The van der Waals surface area contributed by atoms with E-state index in [2.05, 4.69) is 67.1 Å². The third-order valence-electron chi connectivity index (χ3n) is 10.3. The van der Waals surface area contributed by atoms with Gasteiger partial charge in [-0.1, -0.05) is 138 Å². The number of thiophene rings is 1. The maximum Gasteiger partial charge on any atom is 0.0799 e. The van der Waals surface area contributed by atoms with Crippen LogP contribution in [0.15, 0.2) is 116 Å². The van der Waals surface area contributed by atoms with Crippen LogP contribution in [0.25, 0.3) is 42.7 Å². The van der Waals surface area contributed by atoms with E-state index in [1.807, 2.05) is 99.8 Å². The summed E-state index contributed by atoms with van der Waals surface area (Å²) >= 11 is 1.71. The third-order valence-corrected chi connectivity index (χ3v) is 13.5. The number of rotatable bonds is 8. The molecule has 0 saturated heterocycles. The van der Waals surface area contributed by atoms with Gasteiger partial charge in [-0.2, -0.15) is 11.3 Å². The molecule has 7 aromatic rings. The summed E-state index contributed by atoms with van der Waals surface area (Å²) in [5, 5.41) is 3.59. The predicted octanol–water partition coefficient (Wildman–Crippen LogP) is 13.4. The maximum absolute atomic E-state index is 9.17. The second kappa shape index (κ2) is 17.8. The predicted molar refractivity (Wildman–Crippen MR) is 231 cm³/mol. The van der Waals surface area contributed by atoms with Gasteiger partial charge in [0.1, 0.15) is 0 Å². The largest absolute Gasteiger partial charge is 0.305 e. The zero-order valence-corrected chi connectivity index (χ0v) is 36.4. The summed E-state index contributed by atoms with van der Waals surface area (Å²) in [6.45, 7) is 12.7. The van der Waals surface area contributed by atoms with E-state index in [0.717, 1.165) is 85.2 Å². The minimum Gasteiger partial charge on any atom is -0.305 e. The first-order chi connectivity index (χ1) is 27.0. The Hall–Kier alpha value is -3.73. The normalized spacial score (nSPS) is 16.2. The van der Waals surface area contributed by atoms with E-state index in [0.29, 0.717) is 0 Å². The van der Waals surface area contributed by atoms with Gasteiger partial charge in [0.05, 0.1) is 8.07 Å². The van der Waals surface area contributed by atoms with Gasteiger partial charge < -0.3 is 9.97 Å². The minimum absolute atomic E-state index is 0. The molecular formula is C49H52IrN2SSi-2. The molecule has 1 aliphatic rings.